The summed E-state index contributed by atoms with van der Waals surface area (Å²) in [6.45, 7) is 2.17. The van der Waals surface area contributed by atoms with Gasteiger partial charge in [0, 0.05) is 29.9 Å². The molecular formula is C18H21N3O3. The topological polar surface area (TPSA) is 93.5 Å². The predicted molar refractivity (Wildman–Crippen MR) is 94.4 cm³/mol. The lowest BCUT2D eigenvalue weighted by Gasteiger charge is -2.11. The van der Waals surface area contributed by atoms with Gasteiger partial charge in [-0.2, -0.15) is 0 Å². The van der Waals surface area contributed by atoms with E-state index in [9.17, 15) is 9.59 Å². The molecule has 0 radical (unpaired) electrons. The Kier molecular flexibility index (Phi) is 5.92. The maximum atomic E-state index is 12.3. The molecule has 2 rings (SSSR count). The minimum atomic E-state index is -0.208. The largest absolute Gasteiger partial charge is 0.497 e. The van der Waals surface area contributed by atoms with E-state index in [-0.39, 0.29) is 18.2 Å². The molecule has 0 heterocycles. The third kappa shape index (κ3) is 4.57. The summed E-state index contributed by atoms with van der Waals surface area (Å²) in [4.78, 5) is 23.8. The molecule has 6 heteroatoms. The van der Waals surface area contributed by atoms with Crippen molar-refractivity contribution in [2.45, 2.75) is 13.3 Å². The van der Waals surface area contributed by atoms with Crippen LogP contribution in [0.25, 0.3) is 0 Å². The van der Waals surface area contributed by atoms with Crippen LogP contribution in [0.2, 0.25) is 0 Å². The number of benzene rings is 2. The Labute approximate surface area is 141 Å². The fourth-order valence-corrected chi connectivity index (χ4v) is 2.17. The monoisotopic (exact) mass is 327 g/mol. The van der Waals surface area contributed by atoms with Crippen molar-refractivity contribution >= 4 is 23.2 Å². The van der Waals surface area contributed by atoms with Crippen molar-refractivity contribution in [1.82, 2.24) is 0 Å². The number of anilines is 2. The van der Waals surface area contributed by atoms with Crippen molar-refractivity contribution in [3.63, 3.8) is 0 Å². The molecular weight excluding hydrogens is 306 g/mol. The van der Waals surface area contributed by atoms with Crippen LogP contribution in [0.4, 0.5) is 11.4 Å². The molecule has 0 saturated carbocycles. The van der Waals surface area contributed by atoms with Crippen molar-refractivity contribution in [2.24, 2.45) is 5.73 Å². The van der Waals surface area contributed by atoms with Crippen molar-refractivity contribution < 1.29 is 14.3 Å². The van der Waals surface area contributed by atoms with Gasteiger partial charge in [0.25, 0.3) is 5.91 Å². The summed E-state index contributed by atoms with van der Waals surface area (Å²) in [5, 5.41) is 5.62. The van der Waals surface area contributed by atoms with Gasteiger partial charge in [-0.25, -0.2) is 0 Å². The van der Waals surface area contributed by atoms with Gasteiger partial charge in [-0.3, -0.25) is 9.59 Å². The van der Waals surface area contributed by atoms with Crippen LogP contribution in [-0.4, -0.2) is 25.5 Å². The van der Waals surface area contributed by atoms with E-state index in [4.69, 9.17) is 10.5 Å². The quantitative estimate of drug-likeness (QED) is 0.760. The van der Waals surface area contributed by atoms with Crippen molar-refractivity contribution in [3.8, 4) is 5.75 Å². The molecule has 0 aromatic heterocycles. The summed E-state index contributed by atoms with van der Waals surface area (Å²) < 4.78 is 5.07. The number of carbonyl (C=O) groups is 2. The van der Waals surface area contributed by atoms with Gasteiger partial charge in [0.1, 0.15) is 5.75 Å². The first-order valence-corrected chi connectivity index (χ1v) is 7.59. The summed E-state index contributed by atoms with van der Waals surface area (Å²) >= 11 is 0. The van der Waals surface area contributed by atoms with Gasteiger partial charge in [-0.05, 0) is 55.0 Å². The van der Waals surface area contributed by atoms with Crippen molar-refractivity contribution in [3.05, 3.63) is 53.6 Å². The summed E-state index contributed by atoms with van der Waals surface area (Å²) in [7, 11) is 1.58. The van der Waals surface area contributed by atoms with Crippen LogP contribution in [-0.2, 0) is 4.79 Å². The standard InChI is InChI=1S/C18H21N3O3/c1-12-11-14(20-17(22)9-10-19)5-8-16(12)21-18(23)13-3-6-15(24-2)7-4-13/h3-8,11H,9-10,19H2,1-2H3,(H,20,22)(H,21,23). The molecule has 0 saturated heterocycles. The Morgan fingerprint density at radius 1 is 1.08 bits per heavy atom. The van der Waals surface area contributed by atoms with Gasteiger partial charge in [0.05, 0.1) is 7.11 Å². The van der Waals surface area contributed by atoms with E-state index >= 15 is 0 Å². The molecule has 0 atom stereocenters. The molecule has 0 aliphatic carbocycles. The fourth-order valence-electron chi connectivity index (χ4n) is 2.17. The second-order valence-corrected chi connectivity index (χ2v) is 5.30. The minimum absolute atomic E-state index is 0.132. The SMILES string of the molecule is COc1ccc(C(=O)Nc2ccc(NC(=O)CCN)cc2C)cc1. The highest BCUT2D eigenvalue weighted by Gasteiger charge is 2.09. The normalized spacial score (nSPS) is 10.1. The number of rotatable bonds is 6. The Hall–Kier alpha value is -2.86. The highest BCUT2D eigenvalue weighted by molar-refractivity contribution is 6.05. The Bertz CT molecular complexity index is 727. The zero-order chi connectivity index (χ0) is 17.5. The molecule has 2 aromatic rings. The van der Waals surface area contributed by atoms with Gasteiger partial charge < -0.3 is 21.1 Å². The third-order valence-electron chi connectivity index (χ3n) is 3.48. The Morgan fingerprint density at radius 3 is 2.38 bits per heavy atom. The molecule has 2 aromatic carbocycles. The van der Waals surface area contributed by atoms with E-state index in [1.54, 1.807) is 49.6 Å². The highest BCUT2D eigenvalue weighted by Crippen LogP contribution is 2.21. The van der Waals surface area contributed by atoms with E-state index in [2.05, 4.69) is 10.6 Å². The average molecular weight is 327 g/mol. The molecule has 6 nitrogen and oxygen atoms in total. The van der Waals surface area contributed by atoms with Crippen LogP contribution in [0.5, 0.6) is 5.75 Å². The fraction of sp³-hybridized carbons (Fsp3) is 0.222. The van der Waals surface area contributed by atoms with Crippen LogP contribution in [0, 0.1) is 6.92 Å². The lowest BCUT2D eigenvalue weighted by Crippen LogP contribution is -2.16. The summed E-state index contributed by atoms with van der Waals surface area (Å²) in [5.74, 6) is 0.355. The second-order valence-electron chi connectivity index (χ2n) is 5.30. The lowest BCUT2D eigenvalue weighted by atomic mass is 10.1. The number of nitrogens with two attached hydrogens (primary N) is 1. The average Bonchev–Trinajstić information content (AvgIpc) is 2.57. The number of ether oxygens (including phenoxy) is 1. The molecule has 0 aliphatic heterocycles. The Balaban J connectivity index is 2.06. The molecule has 2 amide bonds. The number of methoxy groups -OCH3 is 1. The van der Waals surface area contributed by atoms with E-state index in [0.29, 0.717) is 29.2 Å². The first-order chi connectivity index (χ1) is 11.5. The first-order valence-electron chi connectivity index (χ1n) is 7.59. The van der Waals surface area contributed by atoms with Gasteiger partial charge in [0.15, 0.2) is 0 Å². The second kappa shape index (κ2) is 8.12. The molecule has 0 spiro atoms. The number of hydrogen-bond acceptors (Lipinski definition) is 4. The molecule has 0 aliphatic rings. The molecule has 0 bridgehead atoms. The van der Waals surface area contributed by atoms with Gasteiger partial charge in [-0.1, -0.05) is 0 Å². The molecule has 0 fully saturated rings. The molecule has 0 unspecified atom stereocenters. The van der Waals surface area contributed by atoms with Crippen LogP contribution in [0.1, 0.15) is 22.3 Å². The number of hydrogen-bond donors (Lipinski definition) is 3. The predicted octanol–water partition coefficient (Wildman–Crippen LogP) is 2.54. The van der Waals surface area contributed by atoms with E-state index in [0.717, 1.165) is 5.56 Å². The lowest BCUT2D eigenvalue weighted by molar-refractivity contribution is -0.116. The summed E-state index contributed by atoms with van der Waals surface area (Å²) in [5.41, 5.74) is 8.10. The van der Waals surface area contributed by atoms with Crippen LogP contribution < -0.4 is 21.1 Å². The van der Waals surface area contributed by atoms with Crippen molar-refractivity contribution in [1.29, 1.82) is 0 Å². The summed E-state index contributed by atoms with van der Waals surface area (Å²) in [6, 6.07) is 12.2. The van der Waals surface area contributed by atoms with Crippen LogP contribution >= 0.6 is 0 Å². The number of aryl methyl sites for hydroxylation is 1. The smallest absolute Gasteiger partial charge is 0.255 e. The summed E-state index contributed by atoms with van der Waals surface area (Å²) in [6.07, 6.45) is 0.273. The Morgan fingerprint density at radius 2 is 1.79 bits per heavy atom. The van der Waals surface area contributed by atoms with Gasteiger partial charge in [0.2, 0.25) is 5.91 Å². The number of nitrogens with one attached hydrogen (secondary N) is 2. The van der Waals surface area contributed by atoms with E-state index in [1.807, 2.05) is 6.92 Å². The molecule has 126 valence electrons. The molecule has 4 N–H and O–H groups in total. The molecule has 24 heavy (non-hydrogen) atoms. The highest BCUT2D eigenvalue weighted by atomic mass is 16.5. The van der Waals surface area contributed by atoms with Gasteiger partial charge >= 0.3 is 0 Å². The maximum absolute atomic E-state index is 12.3. The maximum Gasteiger partial charge on any atom is 0.255 e. The van der Waals surface area contributed by atoms with Crippen LogP contribution in [0.15, 0.2) is 42.5 Å². The minimum Gasteiger partial charge on any atom is -0.497 e. The van der Waals surface area contributed by atoms with Crippen molar-refractivity contribution in [2.75, 3.05) is 24.3 Å². The number of carbonyl (C=O) groups excluding carboxylic acids is 2. The van der Waals surface area contributed by atoms with Crippen LogP contribution in [0.3, 0.4) is 0 Å². The van der Waals surface area contributed by atoms with E-state index in [1.165, 1.54) is 0 Å². The van der Waals surface area contributed by atoms with Gasteiger partial charge in [-0.15, -0.1) is 0 Å². The zero-order valence-electron chi connectivity index (χ0n) is 13.8. The first kappa shape index (κ1) is 17.5. The third-order valence-corrected chi connectivity index (χ3v) is 3.48. The number of amides is 2. The van der Waals surface area contributed by atoms with E-state index < -0.39 is 0 Å². The zero-order valence-corrected chi connectivity index (χ0v) is 13.8.